The van der Waals surface area contributed by atoms with E-state index in [4.69, 9.17) is 0 Å². The lowest BCUT2D eigenvalue weighted by Crippen LogP contribution is -2.04. The summed E-state index contributed by atoms with van der Waals surface area (Å²) < 4.78 is 1.75. The summed E-state index contributed by atoms with van der Waals surface area (Å²) in [5.74, 6) is -0.903. The van der Waals surface area contributed by atoms with Crippen LogP contribution in [0.3, 0.4) is 0 Å². The highest BCUT2D eigenvalue weighted by molar-refractivity contribution is 6.00. The number of aromatic nitrogens is 1. The van der Waals surface area contributed by atoms with E-state index in [1.54, 1.807) is 17.7 Å². The van der Waals surface area contributed by atoms with Gasteiger partial charge in [0, 0.05) is 18.0 Å². The largest absolute Gasteiger partial charge is 0.477 e. The van der Waals surface area contributed by atoms with Crippen LogP contribution in [0.4, 0.5) is 0 Å². The number of aryl methyl sites for hydroxylation is 3. The molecule has 1 aromatic heterocycles. The van der Waals surface area contributed by atoms with Gasteiger partial charge in [0.05, 0.1) is 5.52 Å². The standard InChI is InChI=1S/C18H17NO2/c1-11-7-8-13(9-12(11)2)15-6-4-5-14-10-16(18(20)21)19(3)17(14)15/h4-10H,1-3H3,(H,20,21). The normalized spacial score (nSPS) is 11.0. The molecule has 0 aliphatic rings. The molecule has 21 heavy (non-hydrogen) atoms. The molecule has 0 atom stereocenters. The number of carbonyl (C=O) groups is 1. The van der Waals surface area contributed by atoms with Crippen molar-refractivity contribution in [2.75, 3.05) is 0 Å². The summed E-state index contributed by atoms with van der Waals surface area (Å²) in [6.07, 6.45) is 0. The van der Waals surface area contributed by atoms with E-state index in [9.17, 15) is 9.90 Å². The van der Waals surface area contributed by atoms with Crippen LogP contribution in [0.2, 0.25) is 0 Å². The fourth-order valence-electron chi connectivity index (χ4n) is 2.76. The van der Waals surface area contributed by atoms with Gasteiger partial charge in [-0.1, -0.05) is 36.4 Å². The van der Waals surface area contributed by atoms with Crippen LogP contribution in [-0.2, 0) is 7.05 Å². The highest BCUT2D eigenvalue weighted by Crippen LogP contribution is 2.31. The molecule has 0 spiro atoms. The molecule has 3 heteroatoms. The third kappa shape index (κ3) is 2.11. The topological polar surface area (TPSA) is 42.2 Å². The lowest BCUT2D eigenvalue weighted by Gasteiger charge is -2.09. The van der Waals surface area contributed by atoms with Gasteiger partial charge in [0.1, 0.15) is 5.69 Å². The summed E-state index contributed by atoms with van der Waals surface area (Å²) in [5, 5.41) is 10.2. The Morgan fingerprint density at radius 1 is 1.05 bits per heavy atom. The number of hydrogen-bond acceptors (Lipinski definition) is 1. The first-order valence-corrected chi connectivity index (χ1v) is 6.88. The average molecular weight is 279 g/mol. The molecule has 3 nitrogen and oxygen atoms in total. The van der Waals surface area contributed by atoms with Crippen molar-refractivity contribution < 1.29 is 9.90 Å². The molecular formula is C18H17NO2. The maximum Gasteiger partial charge on any atom is 0.352 e. The van der Waals surface area contributed by atoms with Gasteiger partial charge in [-0.3, -0.25) is 0 Å². The molecule has 3 aromatic rings. The fourth-order valence-corrected chi connectivity index (χ4v) is 2.76. The van der Waals surface area contributed by atoms with Crippen LogP contribution in [0.1, 0.15) is 21.6 Å². The third-order valence-corrected chi connectivity index (χ3v) is 4.09. The molecule has 1 N–H and O–H groups in total. The molecule has 1 heterocycles. The fraction of sp³-hybridized carbons (Fsp3) is 0.167. The molecule has 0 aliphatic heterocycles. The van der Waals surface area contributed by atoms with Gasteiger partial charge in [-0.2, -0.15) is 0 Å². The molecule has 0 bridgehead atoms. The monoisotopic (exact) mass is 279 g/mol. The number of aromatic carboxylic acids is 1. The van der Waals surface area contributed by atoms with Crippen LogP contribution >= 0.6 is 0 Å². The number of carboxylic acid groups (broad SMARTS) is 1. The zero-order valence-electron chi connectivity index (χ0n) is 12.3. The van der Waals surface area contributed by atoms with Crippen LogP contribution in [0.25, 0.3) is 22.0 Å². The number of hydrogen-bond donors (Lipinski definition) is 1. The Bertz CT molecular complexity index is 859. The van der Waals surface area contributed by atoms with Crippen LogP contribution < -0.4 is 0 Å². The maximum atomic E-state index is 11.3. The molecule has 106 valence electrons. The van der Waals surface area contributed by atoms with Gasteiger partial charge in [0.2, 0.25) is 0 Å². The molecule has 0 unspecified atom stereocenters. The van der Waals surface area contributed by atoms with Gasteiger partial charge < -0.3 is 9.67 Å². The maximum absolute atomic E-state index is 11.3. The number of rotatable bonds is 2. The molecule has 3 rings (SSSR count). The predicted molar refractivity (Wildman–Crippen MR) is 84.8 cm³/mol. The summed E-state index contributed by atoms with van der Waals surface area (Å²) in [7, 11) is 1.80. The van der Waals surface area contributed by atoms with E-state index in [1.165, 1.54) is 11.1 Å². The smallest absolute Gasteiger partial charge is 0.352 e. The Morgan fingerprint density at radius 2 is 1.81 bits per heavy atom. The third-order valence-electron chi connectivity index (χ3n) is 4.09. The quantitative estimate of drug-likeness (QED) is 0.765. The molecule has 2 aromatic carbocycles. The van der Waals surface area contributed by atoms with Crippen molar-refractivity contribution in [2.45, 2.75) is 13.8 Å². The van der Waals surface area contributed by atoms with E-state index in [1.807, 2.05) is 18.2 Å². The van der Waals surface area contributed by atoms with Gasteiger partial charge in [-0.25, -0.2) is 4.79 Å². The summed E-state index contributed by atoms with van der Waals surface area (Å²) in [6.45, 7) is 4.18. The predicted octanol–water partition coefficient (Wildman–Crippen LogP) is 4.16. The van der Waals surface area contributed by atoms with E-state index in [0.717, 1.165) is 22.0 Å². The summed E-state index contributed by atoms with van der Waals surface area (Å²) >= 11 is 0. The Labute approximate surface area is 123 Å². The molecule has 0 saturated heterocycles. The van der Waals surface area contributed by atoms with Crippen molar-refractivity contribution in [2.24, 2.45) is 7.05 Å². The Morgan fingerprint density at radius 3 is 2.48 bits per heavy atom. The van der Waals surface area contributed by atoms with E-state index in [0.29, 0.717) is 5.69 Å². The summed E-state index contributed by atoms with van der Waals surface area (Å²) in [5.41, 5.74) is 5.92. The Kier molecular flexibility index (Phi) is 3.05. The number of benzene rings is 2. The van der Waals surface area contributed by atoms with Crippen molar-refractivity contribution in [3.05, 3.63) is 59.3 Å². The average Bonchev–Trinajstić information content (AvgIpc) is 2.80. The molecular weight excluding hydrogens is 262 g/mol. The highest BCUT2D eigenvalue weighted by atomic mass is 16.4. The van der Waals surface area contributed by atoms with E-state index in [2.05, 4.69) is 32.0 Å². The minimum atomic E-state index is -0.903. The highest BCUT2D eigenvalue weighted by Gasteiger charge is 2.15. The first kappa shape index (κ1) is 13.4. The molecule has 0 radical (unpaired) electrons. The van der Waals surface area contributed by atoms with E-state index in [-0.39, 0.29) is 0 Å². The first-order chi connectivity index (χ1) is 9.99. The molecule has 0 fully saturated rings. The minimum Gasteiger partial charge on any atom is -0.477 e. The number of carboxylic acids is 1. The SMILES string of the molecule is Cc1ccc(-c2cccc3cc(C(=O)O)n(C)c23)cc1C. The first-order valence-electron chi connectivity index (χ1n) is 6.88. The zero-order valence-corrected chi connectivity index (χ0v) is 12.3. The Hall–Kier alpha value is -2.55. The van der Waals surface area contributed by atoms with E-state index < -0.39 is 5.97 Å². The van der Waals surface area contributed by atoms with Crippen molar-refractivity contribution in [1.29, 1.82) is 0 Å². The van der Waals surface area contributed by atoms with Crippen molar-refractivity contribution >= 4 is 16.9 Å². The second-order valence-corrected chi connectivity index (χ2v) is 5.44. The lowest BCUT2D eigenvalue weighted by atomic mass is 9.99. The molecule has 0 aliphatic carbocycles. The van der Waals surface area contributed by atoms with Crippen LogP contribution in [0, 0.1) is 13.8 Å². The second kappa shape index (κ2) is 4.77. The number of fused-ring (bicyclic) bond motifs is 1. The van der Waals surface area contributed by atoms with Gasteiger partial charge in [0.25, 0.3) is 0 Å². The minimum absolute atomic E-state index is 0.307. The number of nitrogens with zero attached hydrogens (tertiary/aromatic N) is 1. The summed E-state index contributed by atoms with van der Waals surface area (Å²) in [6, 6.07) is 14.0. The second-order valence-electron chi connectivity index (χ2n) is 5.44. The van der Waals surface area contributed by atoms with Crippen molar-refractivity contribution in [1.82, 2.24) is 4.57 Å². The van der Waals surface area contributed by atoms with Gasteiger partial charge in [-0.15, -0.1) is 0 Å². The van der Waals surface area contributed by atoms with Crippen LogP contribution in [0.5, 0.6) is 0 Å². The number of para-hydroxylation sites is 1. The van der Waals surface area contributed by atoms with Gasteiger partial charge in [-0.05, 0) is 36.6 Å². The van der Waals surface area contributed by atoms with E-state index >= 15 is 0 Å². The van der Waals surface area contributed by atoms with Crippen molar-refractivity contribution in [3.63, 3.8) is 0 Å². The molecule has 0 amide bonds. The van der Waals surface area contributed by atoms with Gasteiger partial charge >= 0.3 is 5.97 Å². The van der Waals surface area contributed by atoms with Crippen LogP contribution in [0.15, 0.2) is 42.5 Å². The molecule has 0 saturated carbocycles. The summed E-state index contributed by atoms with van der Waals surface area (Å²) in [4.78, 5) is 11.3. The van der Waals surface area contributed by atoms with Crippen molar-refractivity contribution in [3.8, 4) is 11.1 Å². The van der Waals surface area contributed by atoms with Crippen LogP contribution in [-0.4, -0.2) is 15.6 Å². The Balaban J connectivity index is 2.32. The lowest BCUT2D eigenvalue weighted by molar-refractivity contribution is 0.0687. The zero-order chi connectivity index (χ0) is 15.1. The van der Waals surface area contributed by atoms with Gasteiger partial charge in [0.15, 0.2) is 0 Å².